The lowest BCUT2D eigenvalue weighted by Gasteiger charge is -2.29. The molecule has 2 rings (SSSR count). The van der Waals surface area contributed by atoms with Gasteiger partial charge in [0.1, 0.15) is 0 Å². The fourth-order valence-corrected chi connectivity index (χ4v) is 3.36. The summed E-state index contributed by atoms with van der Waals surface area (Å²) in [6.45, 7) is 2.29. The molecule has 1 aromatic rings. The van der Waals surface area contributed by atoms with Gasteiger partial charge in [0.25, 0.3) is 0 Å². The van der Waals surface area contributed by atoms with E-state index in [4.69, 9.17) is 0 Å². The molecule has 0 aromatic heterocycles. The lowest BCUT2D eigenvalue weighted by atomic mass is 9.77. The van der Waals surface area contributed by atoms with Crippen LogP contribution in [-0.4, -0.2) is 0 Å². The first kappa shape index (κ1) is 14.0. The molecule has 100 valence electrons. The Bertz CT molecular complexity index is 333. The zero-order valence-electron chi connectivity index (χ0n) is 11.6. The van der Waals surface area contributed by atoms with Crippen LogP contribution < -0.4 is 0 Å². The highest BCUT2D eigenvalue weighted by Gasteiger charge is 2.21. The highest BCUT2D eigenvalue weighted by molar-refractivity contribution is 7.80. The molecule has 0 bridgehead atoms. The van der Waals surface area contributed by atoms with Crippen LogP contribution in [-0.2, 0) is 0 Å². The van der Waals surface area contributed by atoms with E-state index in [0.29, 0.717) is 0 Å². The topological polar surface area (TPSA) is 0 Å². The third-order valence-corrected chi connectivity index (χ3v) is 4.73. The van der Waals surface area contributed by atoms with Crippen molar-refractivity contribution in [2.24, 2.45) is 5.92 Å². The second-order valence-electron chi connectivity index (χ2n) is 5.80. The second kappa shape index (κ2) is 7.23. The summed E-state index contributed by atoms with van der Waals surface area (Å²) in [6.07, 6.45) is 11.4. The molecular weight excluding hydrogens is 236 g/mol. The molecule has 1 saturated carbocycles. The second-order valence-corrected chi connectivity index (χ2v) is 6.32. The first-order valence-corrected chi connectivity index (χ1v) is 8.03. The SMILES string of the molecule is CCCCC[C@H]1CC[C@H](c2ccc(S)cc2)CC1. The maximum absolute atomic E-state index is 4.36. The molecule has 1 fully saturated rings. The van der Waals surface area contributed by atoms with Crippen molar-refractivity contribution in [3.63, 3.8) is 0 Å². The Hall–Kier alpha value is -0.430. The summed E-state index contributed by atoms with van der Waals surface area (Å²) < 4.78 is 0. The van der Waals surface area contributed by atoms with E-state index in [2.05, 4.69) is 43.8 Å². The fraction of sp³-hybridized carbons (Fsp3) is 0.647. The molecule has 1 aliphatic carbocycles. The molecule has 1 aliphatic rings. The molecule has 0 amide bonds. The van der Waals surface area contributed by atoms with Crippen LogP contribution in [0.2, 0.25) is 0 Å². The van der Waals surface area contributed by atoms with E-state index in [9.17, 15) is 0 Å². The number of thiol groups is 1. The highest BCUT2D eigenvalue weighted by Crippen LogP contribution is 2.37. The molecule has 0 spiro atoms. The van der Waals surface area contributed by atoms with Gasteiger partial charge in [0.2, 0.25) is 0 Å². The van der Waals surface area contributed by atoms with Crippen LogP contribution in [0, 0.1) is 5.92 Å². The number of rotatable bonds is 5. The van der Waals surface area contributed by atoms with Crippen LogP contribution in [0.1, 0.15) is 69.8 Å². The largest absolute Gasteiger partial charge is 0.143 e. The van der Waals surface area contributed by atoms with E-state index in [-0.39, 0.29) is 0 Å². The highest BCUT2D eigenvalue weighted by atomic mass is 32.1. The van der Waals surface area contributed by atoms with E-state index in [1.54, 1.807) is 0 Å². The zero-order valence-corrected chi connectivity index (χ0v) is 12.5. The van der Waals surface area contributed by atoms with Crippen molar-refractivity contribution in [2.45, 2.75) is 69.1 Å². The number of hydrogen-bond donors (Lipinski definition) is 1. The van der Waals surface area contributed by atoms with Gasteiger partial charge in [-0.05, 0) is 55.2 Å². The van der Waals surface area contributed by atoms with Gasteiger partial charge in [0, 0.05) is 4.90 Å². The Balaban J connectivity index is 1.77. The molecule has 1 aromatic carbocycles. The van der Waals surface area contributed by atoms with Gasteiger partial charge in [-0.3, -0.25) is 0 Å². The Morgan fingerprint density at radius 1 is 1.00 bits per heavy atom. The van der Waals surface area contributed by atoms with Gasteiger partial charge in [-0.1, -0.05) is 44.7 Å². The monoisotopic (exact) mass is 262 g/mol. The van der Waals surface area contributed by atoms with Crippen LogP contribution in [0.5, 0.6) is 0 Å². The fourth-order valence-electron chi connectivity index (χ4n) is 3.21. The predicted molar refractivity (Wildman–Crippen MR) is 82.5 cm³/mol. The summed E-state index contributed by atoms with van der Waals surface area (Å²) in [5, 5.41) is 0. The molecule has 0 N–H and O–H groups in total. The molecule has 18 heavy (non-hydrogen) atoms. The van der Waals surface area contributed by atoms with Gasteiger partial charge < -0.3 is 0 Å². The molecule has 0 heterocycles. The average Bonchev–Trinajstić information content (AvgIpc) is 2.41. The average molecular weight is 262 g/mol. The summed E-state index contributed by atoms with van der Waals surface area (Å²) in [6, 6.07) is 8.80. The van der Waals surface area contributed by atoms with Gasteiger partial charge in [-0.2, -0.15) is 0 Å². The Morgan fingerprint density at radius 2 is 1.67 bits per heavy atom. The Labute approximate surface area is 118 Å². The van der Waals surface area contributed by atoms with Crippen LogP contribution in [0.15, 0.2) is 29.2 Å². The van der Waals surface area contributed by atoms with Crippen LogP contribution in [0.3, 0.4) is 0 Å². The van der Waals surface area contributed by atoms with E-state index in [1.807, 2.05) is 0 Å². The van der Waals surface area contributed by atoms with Gasteiger partial charge >= 0.3 is 0 Å². The number of unbranched alkanes of at least 4 members (excludes halogenated alkanes) is 2. The first-order chi connectivity index (χ1) is 8.79. The minimum atomic E-state index is 0.807. The Kier molecular flexibility index (Phi) is 5.62. The third kappa shape index (κ3) is 4.05. The first-order valence-electron chi connectivity index (χ1n) is 7.58. The van der Waals surface area contributed by atoms with Crippen molar-refractivity contribution in [1.82, 2.24) is 0 Å². The molecule has 0 unspecified atom stereocenters. The third-order valence-electron chi connectivity index (χ3n) is 4.43. The molecule has 0 radical (unpaired) electrons. The van der Waals surface area contributed by atoms with Gasteiger partial charge in [-0.15, -0.1) is 12.6 Å². The summed E-state index contributed by atoms with van der Waals surface area (Å²) >= 11 is 4.36. The Morgan fingerprint density at radius 3 is 2.28 bits per heavy atom. The lowest BCUT2D eigenvalue weighted by molar-refractivity contribution is 0.303. The van der Waals surface area contributed by atoms with Crippen LogP contribution in [0.4, 0.5) is 0 Å². The molecule has 0 saturated heterocycles. The van der Waals surface area contributed by atoms with E-state index in [1.165, 1.54) is 56.9 Å². The number of benzene rings is 1. The van der Waals surface area contributed by atoms with E-state index < -0.39 is 0 Å². The van der Waals surface area contributed by atoms with E-state index in [0.717, 1.165) is 16.7 Å². The van der Waals surface area contributed by atoms with Crippen LogP contribution in [0.25, 0.3) is 0 Å². The van der Waals surface area contributed by atoms with E-state index >= 15 is 0 Å². The molecule has 0 atom stereocenters. The summed E-state index contributed by atoms with van der Waals surface area (Å²) in [7, 11) is 0. The lowest BCUT2D eigenvalue weighted by Crippen LogP contribution is -2.13. The van der Waals surface area contributed by atoms with Crippen molar-refractivity contribution >= 4 is 12.6 Å². The summed E-state index contributed by atoms with van der Waals surface area (Å²) in [4.78, 5) is 1.08. The maximum atomic E-state index is 4.36. The van der Waals surface area contributed by atoms with Gasteiger partial charge in [0.05, 0.1) is 0 Å². The van der Waals surface area contributed by atoms with Crippen molar-refractivity contribution < 1.29 is 0 Å². The van der Waals surface area contributed by atoms with Gasteiger partial charge in [-0.25, -0.2) is 0 Å². The van der Waals surface area contributed by atoms with Crippen molar-refractivity contribution in [1.29, 1.82) is 0 Å². The molecule has 1 heteroatoms. The number of hydrogen-bond acceptors (Lipinski definition) is 1. The minimum Gasteiger partial charge on any atom is -0.143 e. The van der Waals surface area contributed by atoms with Crippen LogP contribution >= 0.6 is 12.6 Å². The van der Waals surface area contributed by atoms with Crippen molar-refractivity contribution in [3.05, 3.63) is 29.8 Å². The zero-order chi connectivity index (χ0) is 12.8. The molecular formula is C17H26S. The summed E-state index contributed by atoms with van der Waals surface area (Å²) in [5.41, 5.74) is 1.53. The maximum Gasteiger partial charge on any atom is 0.00401 e. The standard InChI is InChI=1S/C17H26S/c1-2-3-4-5-14-6-8-15(9-7-14)16-10-12-17(18)13-11-16/h10-15,18H,2-9H2,1H3/t14-,15-. The normalized spacial score (nSPS) is 24.1. The van der Waals surface area contributed by atoms with Gasteiger partial charge in [0.15, 0.2) is 0 Å². The predicted octanol–water partition coefficient (Wildman–Crippen LogP) is 5.83. The minimum absolute atomic E-state index is 0.807. The van der Waals surface area contributed by atoms with Crippen molar-refractivity contribution in [2.75, 3.05) is 0 Å². The van der Waals surface area contributed by atoms with Crippen molar-refractivity contribution in [3.8, 4) is 0 Å². The smallest absolute Gasteiger partial charge is 0.00401 e. The summed E-state index contributed by atoms with van der Waals surface area (Å²) in [5.74, 6) is 1.82. The molecule has 0 nitrogen and oxygen atoms in total. The quantitative estimate of drug-likeness (QED) is 0.501. The molecule has 0 aliphatic heterocycles.